The van der Waals surface area contributed by atoms with E-state index in [0.717, 1.165) is 28.1 Å². The van der Waals surface area contributed by atoms with Crippen LogP contribution in [0.5, 0.6) is 0 Å². The quantitative estimate of drug-likeness (QED) is 0.293. The Balaban J connectivity index is 1.73. The molecular weight excluding hydrogens is 458 g/mol. The SMILES string of the molecule is CCCCC1CCCCCPC(C2CCCCCCCC2)(P(C2CCCCC2)C2CCCCC2)C1. The third kappa shape index (κ3) is 8.42. The van der Waals surface area contributed by atoms with Crippen LogP contribution < -0.4 is 0 Å². The molecule has 3 aliphatic carbocycles. The molecule has 1 aliphatic heterocycles. The van der Waals surface area contributed by atoms with E-state index in [1.165, 1.54) is 34.3 Å². The lowest BCUT2D eigenvalue weighted by atomic mass is 9.84. The summed E-state index contributed by atoms with van der Waals surface area (Å²) in [4.78, 5) is 0.784. The lowest BCUT2D eigenvalue weighted by Gasteiger charge is -2.56. The molecule has 1 saturated heterocycles. The maximum absolute atomic E-state index is 2.44. The Kier molecular flexibility index (Phi) is 13.3. The highest BCUT2D eigenvalue weighted by molar-refractivity contribution is 7.71. The summed E-state index contributed by atoms with van der Waals surface area (Å²) in [7, 11) is 1.50. The Labute approximate surface area is 224 Å². The molecule has 0 nitrogen and oxygen atoms in total. The van der Waals surface area contributed by atoms with Crippen LogP contribution in [0.4, 0.5) is 0 Å². The van der Waals surface area contributed by atoms with E-state index in [1.807, 2.05) is 0 Å². The van der Waals surface area contributed by atoms with Crippen LogP contribution in [0.3, 0.4) is 0 Å². The lowest BCUT2D eigenvalue weighted by Crippen LogP contribution is -2.41. The van der Waals surface area contributed by atoms with E-state index in [4.69, 9.17) is 0 Å². The fraction of sp³-hybridized carbons (Fsp3) is 1.00. The molecule has 35 heavy (non-hydrogen) atoms. The number of hydrogen-bond acceptors (Lipinski definition) is 0. The highest BCUT2D eigenvalue weighted by Gasteiger charge is 2.50. The molecule has 1 heterocycles. The molecular formula is C33H62P2. The largest absolute Gasteiger partial charge is 0.111 e. The summed E-state index contributed by atoms with van der Waals surface area (Å²) in [6.45, 7) is 2.44. The smallest absolute Gasteiger partial charge is 0.0113 e. The molecule has 4 rings (SSSR count). The first-order chi connectivity index (χ1) is 17.3. The summed E-state index contributed by atoms with van der Waals surface area (Å²) < 4.78 is 0. The second-order valence-electron chi connectivity index (χ2n) is 13.3. The van der Waals surface area contributed by atoms with Crippen LogP contribution in [0.25, 0.3) is 0 Å². The van der Waals surface area contributed by atoms with E-state index in [1.54, 1.807) is 147 Å². The van der Waals surface area contributed by atoms with Crippen LogP contribution in [0.15, 0.2) is 0 Å². The normalized spacial score (nSPS) is 32.9. The average Bonchev–Trinajstić information content (AvgIpc) is 3.10. The number of rotatable bonds is 7. The standard InChI is InChI=1S/C33H62P2/c1-2-3-19-29-20-11-10-18-27-34-33(28-29,30-21-12-6-4-5-7-13-22-30)35(31-23-14-8-15-24-31)32-25-16-9-17-26-32/h29-32,34H,2-28H2,1H3. The van der Waals surface area contributed by atoms with Crippen LogP contribution in [0.1, 0.15) is 174 Å². The van der Waals surface area contributed by atoms with E-state index >= 15 is 0 Å². The summed E-state index contributed by atoms with van der Waals surface area (Å²) in [5, 5.41) is 0. The molecule has 204 valence electrons. The molecule has 3 saturated carbocycles. The highest BCUT2D eigenvalue weighted by Crippen LogP contribution is 2.74. The first-order valence-electron chi connectivity index (χ1n) is 16.9. The Morgan fingerprint density at radius 1 is 0.600 bits per heavy atom. The van der Waals surface area contributed by atoms with Crippen molar-refractivity contribution in [1.29, 1.82) is 0 Å². The van der Waals surface area contributed by atoms with Gasteiger partial charge in [0.25, 0.3) is 0 Å². The predicted octanol–water partition coefficient (Wildman–Crippen LogP) is 12.0. The van der Waals surface area contributed by atoms with E-state index in [0.29, 0.717) is 0 Å². The number of hydrogen-bond donors (Lipinski definition) is 0. The molecule has 0 bridgehead atoms. The Morgan fingerprint density at radius 3 is 1.69 bits per heavy atom. The second kappa shape index (κ2) is 16.1. The van der Waals surface area contributed by atoms with Crippen LogP contribution in [0, 0.1) is 11.8 Å². The van der Waals surface area contributed by atoms with Crippen molar-refractivity contribution in [3.05, 3.63) is 0 Å². The third-order valence-electron chi connectivity index (χ3n) is 10.7. The van der Waals surface area contributed by atoms with Gasteiger partial charge in [0.1, 0.15) is 0 Å². The monoisotopic (exact) mass is 520 g/mol. The minimum absolute atomic E-state index is 0.179. The first kappa shape index (κ1) is 28.9. The Morgan fingerprint density at radius 2 is 1.09 bits per heavy atom. The minimum atomic E-state index is 0.179. The van der Waals surface area contributed by atoms with Crippen molar-refractivity contribution in [2.24, 2.45) is 11.8 Å². The molecule has 3 unspecified atom stereocenters. The van der Waals surface area contributed by atoms with Crippen LogP contribution >= 0.6 is 16.5 Å². The predicted molar refractivity (Wildman–Crippen MR) is 163 cm³/mol. The molecule has 0 aromatic carbocycles. The molecule has 4 aliphatic rings. The molecule has 0 aromatic heterocycles. The van der Waals surface area contributed by atoms with E-state index < -0.39 is 0 Å². The summed E-state index contributed by atoms with van der Waals surface area (Å²) in [6.07, 6.45) is 42.4. The molecule has 0 aromatic rings. The molecule has 3 atom stereocenters. The summed E-state index contributed by atoms with van der Waals surface area (Å²) in [5.74, 6) is 2.15. The van der Waals surface area contributed by atoms with Crippen molar-refractivity contribution in [3.8, 4) is 0 Å². The van der Waals surface area contributed by atoms with Crippen LogP contribution in [-0.2, 0) is 0 Å². The fourth-order valence-corrected chi connectivity index (χ4v) is 17.8. The van der Waals surface area contributed by atoms with Gasteiger partial charge in [0, 0.05) is 4.90 Å². The van der Waals surface area contributed by atoms with Gasteiger partial charge in [0.2, 0.25) is 0 Å². The van der Waals surface area contributed by atoms with Gasteiger partial charge >= 0.3 is 0 Å². The topological polar surface area (TPSA) is 0 Å². The van der Waals surface area contributed by atoms with Gasteiger partial charge in [-0.05, 0) is 80.7 Å². The molecule has 0 spiro atoms. The highest BCUT2D eigenvalue weighted by atomic mass is 31.2. The average molecular weight is 521 g/mol. The van der Waals surface area contributed by atoms with Gasteiger partial charge in [0.15, 0.2) is 0 Å². The van der Waals surface area contributed by atoms with E-state index in [9.17, 15) is 0 Å². The summed E-state index contributed by atoms with van der Waals surface area (Å²) >= 11 is 0. The maximum Gasteiger partial charge on any atom is 0.0113 e. The maximum atomic E-state index is 2.44. The summed E-state index contributed by atoms with van der Waals surface area (Å²) in [6, 6.07) is 0. The van der Waals surface area contributed by atoms with Gasteiger partial charge in [-0.15, -0.1) is 8.58 Å². The molecule has 0 radical (unpaired) electrons. The van der Waals surface area contributed by atoms with Gasteiger partial charge in [-0.2, -0.15) is 0 Å². The van der Waals surface area contributed by atoms with Gasteiger partial charge in [-0.1, -0.05) is 130 Å². The first-order valence-corrected chi connectivity index (χ1v) is 19.6. The van der Waals surface area contributed by atoms with Crippen molar-refractivity contribution in [1.82, 2.24) is 0 Å². The Bertz CT molecular complexity index is 521. The van der Waals surface area contributed by atoms with Crippen molar-refractivity contribution >= 4 is 16.5 Å². The summed E-state index contributed by atoms with van der Waals surface area (Å²) in [5.41, 5.74) is 2.30. The van der Waals surface area contributed by atoms with Gasteiger partial charge in [-0.3, -0.25) is 0 Å². The molecule has 4 fully saturated rings. The Hall–Kier alpha value is 0.860. The second-order valence-corrected chi connectivity index (χ2v) is 18.5. The van der Waals surface area contributed by atoms with Crippen LogP contribution in [-0.4, -0.2) is 22.4 Å². The molecule has 0 N–H and O–H groups in total. The minimum Gasteiger partial charge on any atom is -0.111 e. The molecule has 2 heteroatoms. The fourth-order valence-electron chi connectivity index (χ4n) is 8.89. The van der Waals surface area contributed by atoms with Crippen molar-refractivity contribution in [2.45, 2.75) is 190 Å². The van der Waals surface area contributed by atoms with Crippen molar-refractivity contribution < 1.29 is 0 Å². The van der Waals surface area contributed by atoms with Gasteiger partial charge in [-0.25, -0.2) is 0 Å². The zero-order valence-corrected chi connectivity index (χ0v) is 25.7. The van der Waals surface area contributed by atoms with Crippen LogP contribution in [0.2, 0.25) is 0 Å². The van der Waals surface area contributed by atoms with Crippen molar-refractivity contribution in [2.75, 3.05) is 6.16 Å². The lowest BCUT2D eigenvalue weighted by molar-refractivity contribution is 0.301. The van der Waals surface area contributed by atoms with Crippen molar-refractivity contribution in [3.63, 3.8) is 0 Å². The third-order valence-corrected chi connectivity index (χ3v) is 17.9. The zero-order chi connectivity index (χ0) is 24.2. The van der Waals surface area contributed by atoms with E-state index in [-0.39, 0.29) is 7.92 Å². The van der Waals surface area contributed by atoms with Gasteiger partial charge in [0.05, 0.1) is 0 Å². The number of unbranched alkanes of at least 4 members (excludes halogenated alkanes) is 1. The van der Waals surface area contributed by atoms with Gasteiger partial charge < -0.3 is 0 Å². The molecule has 0 amide bonds. The van der Waals surface area contributed by atoms with E-state index in [2.05, 4.69) is 6.92 Å². The zero-order valence-electron chi connectivity index (χ0n) is 23.8.